The topological polar surface area (TPSA) is 60.8 Å². The molecule has 112 valence electrons. The van der Waals surface area contributed by atoms with Crippen LogP contribution in [0.15, 0.2) is 12.3 Å². The maximum Gasteiger partial charge on any atom is 0.248 e. The highest BCUT2D eigenvalue weighted by Gasteiger charge is 2.45. The summed E-state index contributed by atoms with van der Waals surface area (Å²) in [4.78, 5) is 3.98. The smallest absolute Gasteiger partial charge is 0.248 e. The van der Waals surface area contributed by atoms with Gasteiger partial charge in [-0.15, -0.1) is 0 Å². The molecular weight excluding hydrogens is 272 g/mol. The zero-order chi connectivity index (χ0) is 14.8. The molecule has 5 nitrogen and oxygen atoms in total. The molecule has 0 spiro atoms. The van der Waals surface area contributed by atoms with E-state index in [1.54, 1.807) is 0 Å². The van der Waals surface area contributed by atoms with Gasteiger partial charge in [-0.25, -0.2) is 8.78 Å². The van der Waals surface area contributed by atoms with Crippen LogP contribution in [-0.2, 0) is 4.74 Å². The lowest BCUT2D eigenvalue weighted by atomic mass is 9.82. The predicted octanol–water partition coefficient (Wildman–Crippen LogP) is 2.15. The van der Waals surface area contributed by atoms with E-state index in [-0.39, 0.29) is 31.1 Å². The summed E-state index contributed by atoms with van der Waals surface area (Å²) in [5.74, 6) is -1.98. The number of rotatable bonds is 6. The van der Waals surface area contributed by atoms with E-state index in [2.05, 4.69) is 4.98 Å². The average molecular weight is 289 g/mol. The van der Waals surface area contributed by atoms with E-state index in [0.717, 1.165) is 0 Å². The number of methoxy groups -OCH3 is 2. The molecule has 1 N–H and O–H groups in total. The summed E-state index contributed by atoms with van der Waals surface area (Å²) in [6, 6.07) is 1.48. The van der Waals surface area contributed by atoms with E-state index in [0.29, 0.717) is 11.5 Å². The molecule has 1 saturated carbocycles. The van der Waals surface area contributed by atoms with Crippen molar-refractivity contribution in [1.29, 1.82) is 0 Å². The molecule has 0 bridgehead atoms. The average Bonchev–Trinajstić information content (AvgIpc) is 2.41. The van der Waals surface area contributed by atoms with Gasteiger partial charge in [0.15, 0.2) is 17.8 Å². The van der Waals surface area contributed by atoms with Crippen LogP contribution in [-0.4, -0.2) is 36.8 Å². The Morgan fingerprint density at radius 1 is 1.40 bits per heavy atom. The Morgan fingerprint density at radius 2 is 2.10 bits per heavy atom. The second-order valence-corrected chi connectivity index (χ2v) is 4.79. The lowest BCUT2D eigenvalue weighted by Gasteiger charge is -2.34. The van der Waals surface area contributed by atoms with Gasteiger partial charge < -0.3 is 19.3 Å². The fourth-order valence-corrected chi connectivity index (χ4v) is 2.07. The van der Waals surface area contributed by atoms with E-state index in [1.165, 1.54) is 26.5 Å². The number of nitrogens with zero attached hydrogens (tertiary/aromatic N) is 1. The number of alkyl halides is 2. The molecule has 7 heteroatoms. The van der Waals surface area contributed by atoms with Gasteiger partial charge in [-0.3, -0.25) is 4.98 Å². The number of hydrogen-bond acceptors (Lipinski definition) is 5. The van der Waals surface area contributed by atoms with E-state index >= 15 is 0 Å². The van der Waals surface area contributed by atoms with Crippen molar-refractivity contribution in [2.75, 3.05) is 20.8 Å². The van der Waals surface area contributed by atoms with Gasteiger partial charge in [-0.05, 0) is 0 Å². The van der Waals surface area contributed by atoms with Crippen LogP contribution in [0.2, 0.25) is 0 Å². The number of aliphatic hydroxyl groups is 1. The van der Waals surface area contributed by atoms with E-state index in [1.807, 2.05) is 0 Å². The van der Waals surface area contributed by atoms with Gasteiger partial charge in [0.1, 0.15) is 0 Å². The Balaban J connectivity index is 1.97. The molecule has 1 heterocycles. The zero-order valence-corrected chi connectivity index (χ0v) is 11.3. The van der Waals surface area contributed by atoms with Crippen LogP contribution >= 0.6 is 0 Å². The minimum atomic E-state index is -2.55. The maximum atomic E-state index is 12.7. The number of halogens is 2. The monoisotopic (exact) mass is 289 g/mol. The van der Waals surface area contributed by atoms with Crippen molar-refractivity contribution >= 4 is 0 Å². The third-order valence-electron chi connectivity index (χ3n) is 3.20. The summed E-state index contributed by atoms with van der Waals surface area (Å²) in [7, 11) is 2.79. The molecular formula is C13H17F2NO4. The van der Waals surface area contributed by atoms with Gasteiger partial charge in [0.25, 0.3) is 0 Å². The molecule has 1 fully saturated rings. The Labute approximate surface area is 115 Å². The minimum absolute atomic E-state index is 0.150. The van der Waals surface area contributed by atoms with Gasteiger partial charge in [-0.1, -0.05) is 0 Å². The summed E-state index contributed by atoms with van der Waals surface area (Å²) in [6.45, 7) is 0.194. The summed E-state index contributed by atoms with van der Waals surface area (Å²) in [6.07, 6.45) is -0.0668. The van der Waals surface area contributed by atoms with Crippen molar-refractivity contribution in [2.45, 2.75) is 25.1 Å². The van der Waals surface area contributed by atoms with Crippen LogP contribution in [0.5, 0.6) is 11.5 Å². The van der Waals surface area contributed by atoms with E-state index in [9.17, 15) is 13.9 Å². The zero-order valence-electron chi connectivity index (χ0n) is 11.3. The first kappa shape index (κ1) is 14.9. The number of pyridine rings is 1. The van der Waals surface area contributed by atoms with E-state index < -0.39 is 12.2 Å². The number of ether oxygens (including phenoxy) is 3. The van der Waals surface area contributed by atoms with Gasteiger partial charge >= 0.3 is 0 Å². The molecule has 1 atom stereocenters. The van der Waals surface area contributed by atoms with Crippen LogP contribution in [0.1, 0.15) is 24.8 Å². The molecule has 1 unspecified atom stereocenters. The highest BCUT2D eigenvalue weighted by atomic mass is 19.3. The summed E-state index contributed by atoms with van der Waals surface area (Å²) < 4.78 is 40.7. The molecule has 0 saturated heterocycles. The van der Waals surface area contributed by atoms with Crippen LogP contribution in [0, 0.1) is 5.92 Å². The van der Waals surface area contributed by atoms with Crippen molar-refractivity contribution in [3.63, 3.8) is 0 Å². The number of aromatic nitrogens is 1. The van der Waals surface area contributed by atoms with Crippen LogP contribution in [0.25, 0.3) is 0 Å². The van der Waals surface area contributed by atoms with Gasteiger partial charge in [0, 0.05) is 31.9 Å². The predicted molar refractivity (Wildman–Crippen MR) is 65.9 cm³/mol. The molecule has 0 aliphatic heterocycles. The van der Waals surface area contributed by atoms with Gasteiger partial charge in [0.05, 0.1) is 25.6 Å². The first-order valence-electron chi connectivity index (χ1n) is 6.20. The third kappa shape index (κ3) is 3.34. The van der Waals surface area contributed by atoms with Gasteiger partial charge in [-0.2, -0.15) is 0 Å². The Morgan fingerprint density at radius 3 is 2.65 bits per heavy atom. The van der Waals surface area contributed by atoms with Gasteiger partial charge in [0.2, 0.25) is 5.92 Å². The lowest BCUT2D eigenvalue weighted by Crippen LogP contribution is -2.38. The molecule has 0 aromatic carbocycles. The minimum Gasteiger partial charge on any atom is -0.493 e. The first-order valence-corrected chi connectivity index (χ1v) is 6.20. The van der Waals surface area contributed by atoms with Crippen molar-refractivity contribution in [3.8, 4) is 11.5 Å². The van der Waals surface area contributed by atoms with Crippen LogP contribution in [0.4, 0.5) is 8.78 Å². The molecule has 1 aromatic rings. The second-order valence-electron chi connectivity index (χ2n) is 4.79. The Hall–Kier alpha value is -1.47. The summed E-state index contributed by atoms with van der Waals surface area (Å²) in [5, 5.41) is 9.50. The molecule has 0 radical (unpaired) electrons. The highest BCUT2D eigenvalue weighted by molar-refractivity contribution is 5.39. The SMILES string of the molecule is COc1cc(C(O)OC)ncc1OCC1CC(F)(F)C1. The molecule has 0 amide bonds. The molecule has 1 aliphatic rings. The van der Waals surface area contributed by atoms with E-state index in [4.69, 9.17) is 14.2 Å². The van der Waals surface area contributed by atoms with Crippen molar-refractivity contribution in [2.24, 2.45) is 5.92 Å². The maximum absolute atomic E-state index is 12.7. The molecule has 20 heavy (non-hydrogen) atoms. The fraction of sp³-hybridized carbons (Fsp3) is 0.615. The number of aliphatic hydroxyl groups excluding tert-OH is 1. The largest absolute Gasteiger partial charge is 0.493 e. The van der Waals surface area contributed by atoms with Crippen molar-refractivity contribution in [1.82, 2.24) is 4.98 Å². The summed E-state index contributed by atoms with van der Waals surface area (Å²) >= 11 is 0. The van der Waals surface area contributed by atoms with Crippen molar-refractivity contribution in [3.05, 3.63) is 18.0 Å². The first-order chi connectivity index (χ1) is 9.45. The van der Waals surface area contributed by atoms with Crippen LogP contribution < -0.4 is 9.47 Å². The number of hydrogen-bond donors (Lipinski definition) is 1. The molecule has 1 aromatic heterocycles. The Bertz CT molecular complexity index is 462. The molecule has 2 rings (SSSR count). The highest BCUT2D eigenvalue weighted by Crippen LogP contribution is 2.42. The molecule has 1 aliphatic carbocycles. The second kappa shape index (κ2) is 5.88. The van der Waals surface area contributed by atoms with Crippen LogP contribution in [0.3, 0.4) is 0 Å². The standard InChI is InChI=1S/C13H17F2NO4/c1-18-10-3-9(12(17)19-2)16-6-11(10)20-7-8-4-13(14,15)5-8/h3,6,8,12,17H,4-5,7H2,1-2H3. The fourth-order valence-electron chi connectivity index (χ4n) is 2.07. The van der Waals surface area contributed by atoms with Crippen molar-refractivity contribution < 1.29 is 28.1 Å². The Kier molecular flexibility index (Phi) is 4.39. The lowest BCUT2D eigenvalue weighted by molar-refractivity contribution is -0.119. The third-order valence-corrected chi connectivity index (χ3v) is 3.20. The summed E-state index contributed by atoms with van der Waals surface area (Å²) in [5.41, 5.74) is 0.284. The quantitative estimate of drug-likeness (QED) is 0.813. The normalized spacial score (nSPS) is 19.2.